The van der Waals surface area contributed by atoms with Gasteiger partial charge in [0.05, 0.1) is 7.11 Å². The highest BCUT2D eigenvalue weighted by Crippen LogP contribution is 2.38. The van der Waals surface area contributed by atoms with Crippen LogP contribution in [-0.2, 0) is 14.3 Å². The highest BCUT2D eigenvalue weighted by molar-refractivity contribution is 5.84. The summed E-state index contributed by atoms with van der Waals surface area (Å²) in [5.74, 6) is -4.76. The van der Waals surface area contributed by atoms with Gasteiger partial charge in [0.15, 0.2) is 0 Å². The molecule has 1 saturated carbocycles. The number of ether oxygens (including phenoxy) is 1. The quantitative estimate of drug-likeness (QED) is 0.423. The Morgan fingerprint density at radius 1 is 1.53 bits per heavy atom. The van der Waals surface area contributed by atoms with E-state index in [1.807, 2.05) is 19.1 Å². The van der Waals surface area contributed by atoms with Crippen molar-refractivity contribution in [2.45, 2.75) is 32.0 Å². The lowest BCUT2D eigenvalue weighted by molar-refractivity contribution is -0.229. The molecular formula is C12H18O5. The van der Waals surface area contributed by atoms with Crippen LogP contribution >= 0.6 is 0 Å². The molecule has 0 bridgehead atoms. The van der Waals surface area contributed by atoms with Gasteiger partial charge in [-0.25, -0.2) is 4.79 Å². The minimum atomic E-state index is -2.58. The lowest BCUT2D eigenvalue weighted by Crippen LogP contribution is -2.48. The Labute approximate surface area is 100 Å². The summed E-state index contributed by atoms with van der Waals surface area (Å²) in [5.41, 5.74) is 0. The fourth-order valence-corrected chi connectivity index (χ4v) is 2.26. The number of hydrogen-bond donors (Lipinski definition) is 2. The zero-order chi connectivity index (χ0) is 13.1. The zero-order valence-electron chi connectivity index (χ0n) is 10.0. The summed E-state index contributed by atoms with van der Waals surface area (Å²) in [6.45, 7) is 1.84. The van der Waals surface area contributed by atoms with Crippen molar-refractivity contribution in [1.29, 1.82) is 0 Å². The highest BCUT2D eigenvalue weighted by atomic mass is 16.6. The summed E-state index contributed by atoms with van der Waals surface area (Å²) in [6.07, 6.45) is 4.50. The number of aliphatic hydroxyl groups is 2. The molecule has 0 saturated heterocycles. The summed E-state index contributed by atoms with van der Waals surface area (Å²) < 4.78 is 4.35. The van der Waals surface area contributed by atoms with Crippen molar-refractivity contribution in [2.75, 3.05) is 7.11 Å². The standard InChI is InChI=1S/C12H18O5/c1-3-4-5-8-6-9(13)7-10(8)12(15,16)11(14)17-2/h3-4,8,10,15-16H,5-7H2,1-2H3. The van der Waals surface area contributed by atoms with Gasteiger partial charge < -0.3 is 14.9 Å². The number of carbonyl (C=O) groups excluding carboxylic acids is 2. The number of methoxy groups -OCH3 is 1. The smallest absolute Gasteiger partial charge is 0.366 e. The molecule has 1 aliphatic carbocycles. The van der Waals surface area contributed by atoms with E-state index in [-0.39, 0.29) is 24.5 Å². The number of carbonyl (C=O) groups is 2. The number of allylic oxidation sites excluding steroid dienone is 2. The van der Waals surface area contributed by atoms with Crippen molar-refractivity contribution in [2.24, 2.45) is 11.8 Å². The van der Waals surface area contributed by atoms with Crippen molar-refractivity contribution in [3.8, 4) is 0 Å². The maximum atomic E-state index is 11.4. The third kappa shape index (κ3) is 2.92. The van der Waals surface area contributed by atoms with Gasteiger partial charge in [-0.2, -0.15) is 0 Å². The molecule has 0 amide bonds. The van der Waals surface area contributed by atoms with Crippen LogP contribution in [0.1, 0.15) is 26.2 Å². The van der Waals surface area contributed by atoms with Crippen LogP contribution in [0.4, 0.5) is 0 Å². The van der Waals surface area contributed by atoms with E-state index in [2.05, 4.69) is 4.74 Å². The van der Waals surface area contributed by atoms with Crippen LogP contribution < -0.4 is 0 Å². The maximum absolute atomic E-state index is 11.4. The Morgan fingerprint density at radius 2 is 2.18 bits per heavy atom. The SMILES string of the molecule is CC=CCC1CC(=O)CC1C(O)(O)C(=O)OC. The van der Waals surface area contributed by atoms with Crippen LogP contribution in [0.15, 0.2) is 12.2 Å². The van der Waals surface area contributed by atoms with Gasteiger partial charge >= 0.3 is 5.97 Å². The normalized spacial score (nSPS) is 25.5. The molecule has 1 fully saturated rings. The first-order valence-corrected chi connectivity index (χ1v) is 5.59. The Morgan fingerprint density at radius 3 is 2.71 bits per heavy atom. The first-order valence-electron chi connectivity index (χ1n) is 5.59. The van der Waals surface area contributed by atoms with Crippen LogP contribution in [0.2, 0.25) is 0 Å². The molecule has 0 radical (unpaired) electrons. The molecule has 17 heavy (non-hydrogen) atoms. The van der Waals surface area contributed by atoms with E-state index in [0.29, 0.717) is 6.42 Å². The average Bonchev–Trinajstić information content (AvgIpc) is 2.67. The first kappa shape index (κ1) is 13.9. The van der Waals surface area contributed by atoms with E-state index in [4.69, 9.17) is 0 Å². The second-order valence-corrected chi connectivity index (χ2v) is 4.34. The Kier molecular flexibility index (Phi) is 4.42. The number of hydrogen-bond acceptors (Lipinski definition) is 5. The second kappa shape index (κ2) is 5.42. The lowest BCUT2D eigenvalue weighted by Gasteiger charge is -2.28. The molecule has 0 aromatic rings. The van der Waals surface area contributed by atoms with Crippen LogP contribution in [0.25, 0.3) is 0 Å². The van der Waals surface area contributed by atoms with E-state index in [1.165, 1.54) is 0 Å². The Balaban J connectivity index is 2.85. The van der Waals surface area contributed by atoms with E-state index in [9.17, 15) is 19.8 Å². The molecule has 0 heterocycles. The van der Waals surface area contributed by atoms with Crippen molar-refractivity contribution in [3.05, 3.63) is 12.2 Å². The van der Waals surface area contributed by atoms with Crippen LogP contribution in [-0.4, -0.2) is 34.9 Å². The summed E-state index contributed by atoms with van der Waals surface area (Å²) in [4.78, 5) is 22.7. The number of ketones is 1. The largest absolute Gasteiger partial charge is 0.465 e. The van der Waals surface area contributed by atoms with Crippen molar-refractivity contribution in [3.63, 3.8) is 0 Å². The number of rotatable bonds is 4. The summed E-state index contributed by atoms with van der Waals surface area (Å²) >= 11 is 0. The van der Waals surface area contributed by atoms with Crippen LogP contribution in [0, 0.1) is 11.8 Å². The average molecular weight is 242 g/mol. The molecule has 2 atom stereocenters. The molecule has 5 nitrogen and oxygen atoms in total. The van der Waals surface area contributed by atoms with Gasteiger partial charge in [0.2, 0.25) is 0 Å². The molecule has 1 aliphatic rings. The van der Waals surface area contributed by atoms with Gasteiger partial charge in [-0.05, 0) is 19.3 Å². The topological polar surface area (TPSA) is 83.8 Å². The predicted molar refractivity (Wildman–Crippen MR) is 59.8 cm³/mol. The summed E-state index contributed by atoms with van der Waals surface area (Å²) in [6, 6.07) is 0. The number of Topliss-reactive ketones (excluding diaryl/α,β-unsaturated/α-hetero) is 1. The minimum absolute atomic E-state index is 0.00429. The fraction of sp³-hybridized carbons (Fsp3) is 0.667. The van der Waals surface area contributed by atoms with Gasteiger partial charge in [-0.15, -0.1) is 0 Å². The molecule has 2 N–H and O–H groups in total. The van der Waals surface area contributed by atoms with E-state index in [1.54, 1.807) is 0 Å². The van der Waals surface area contributed by atoms with Gasteiger partial charge in [0.1, 0.15) is 5.78 Å². The van der Waals surface area contributed by atoms with Crippen molar-refractivity contribution < 1.29 is 24.5 Å². The van der Waals surface area contributed by atoms with E-state index >= 15 is 0 Å². The Hall–Kier alpha value is -1.20. The highest BCUT2D eigenvalue weighted by Gasteiger charge is 2.51. The second-order valence-electron chi connectivity index (χ2n) is 4.34. The first-order chi connectivity index (χ1) is 7.93. The minimum Gasteiger partial charge on any atom is -0.465 e. The molecule has 0 aromatic heterocycles. The molecule has 96 valence electrons. The molecule has 5 heteroatoms. The van der Waals surface area contributed by atoms with Gasteiger partial charge in [0.25, 0.3) is 5.79 Å². The molecular weight excluding hydrogens is 224 g/mol. The summed E-state index contributed by atoms with van der Waals surface area (Å²) in [5, 5.41) is 19.5. The van der Waals surface area contributed by atoms with Gasteiger partial charge in [-0.1, -0.05) is 12.2 Å². The fourth-order valence-electron chi connectivity index (χ4n) is 2.26. The van der Waals surface area contributed by atoms with Gasteiger partial charge in [-0.3, -0.25) is 4.79 Å². The van der Waals surface area contributed by atoms with Gasteiger partial charge in [0, 0.05) is 18.8 Å². The van der Waals surface area contributed by atoms with E-state index < -0.39 is 17.7 Å². The molecule has 1 rings (SSSR count). The summed E-state index contributed by atoms with van der Waals surface area (Å²) in [7, 11) is 1.08. The third-order valence-corrected chi connectivity index (χ3v) is 3.18. The monoisotopic (exact) mass is 242 g/mol. The molecule has 0 aromatic carbocycles. The molecule has 2 unspecified atom stereocenters. The van der Waals surface area contributed by atoms with Crippen LogP contribution in [0.5, 0.6) is 0 Å². The molecule has 0 spiro atoms. The Bertz CT molecular complexity index is 332. The van der Waals surface area contributed by atoms with Crippen LogP contribution in [0.3, 0.4) is 0 Å². The lowest BCUT2D eigenvalue weighted by atomic mass is 9.85. The predicted octanol–water partition coefficient (Wildman–Crippen LogP) is 0.402. The van der Waals surface area contributed by atoms with Crippen molar-refractivity contribution in [1.82, 2.24) is 0 Å². The number of esters is 1. The molecule has 0 aliphatic heterocycles. The van der Waals surface area contributed by atoms with E-state index in [0.717, 1.165) is 7.11 Å². The maximum Gasteiger partial charge on any atom is 0.366 e. The van der Waals surface area contributed by atoms with Crippen molar-refractivity contribution >= 4 is 11.8 Å². The third-order valence-electron chi connectivity index (χ3n) is 3.18. The zero-order valence-corrected chi connectivity index (χ0v) is 10.0.